The average Bonchev–Trinajstić information content (AvgIpc) is 2.55. The minimum Gasteiger partial charge on any atom is -0.385 e. The lowest BCUT2D eigenvalue weighted by atomic mass is 10.1. The molecule has 0 saturated heterocycles. The number of aryl methyl sites for hydroxylation is 2. The Kier molecular flexibility index (Phi) is 3.18. The zero-order valence-corrected chi connectivity index (χ0v) is 10.2. The molecule has 16 heavy (non-hydrogen) atoms. The van der Waals surface area contributed by atoms with Gasteiger partial charge in [0.15, 0.2) is 0 Å². The van der Waals surface area contributed by atoms with E-state index in [1.54, 1.807) is 0 Å². The second kappa shape index (κ2) is 4.60. The fourth-order valence-corrected chi connectivity index (χ4v) is 2.15. The van der Waals surface area contributed by atoms with Crippen molar-refractivity contribution in [3.63, 3.8) is 0 Å². The van der Waals surface area contributed by atoms with Crippen LogP contribution in [0, 0.1) is 0 Å². The first-order valence-electron chi connectivity index (χ1n) is 6.06. The smallest absolute Gasteiger partial charge is 0.104 e. The molecular formula is C14H20N2. The number of nitrogen functional groups attached to an aromatic ring is 1. The molecule has 0 radical (unpaired) electrons. The molecule has 1 aromatic heterocycles. The van der Waals surface area contributed by atoms with Gasteiger partial charge in [0.1, 0.15) is 5.82 Å². The molecular weight excluding hydrogens is 196 g/mol. The summed E-state index contributed by atoms with van der Waals surface area (Å²) in [6, 6.07) is 8.71. The SMILES string of the molecule is CCCCCc1ccc2c(c1)cc(N)n2C. The van der Waals surface area contributed by atoms with Crippen molar-refractivity contribution < 1.29 is 0 Å². The number of rotatable bonds is 4. The Balaban J connectivity index is 2.23. The fraction of sp³-hybridized carbons (Fsp3) is 0.429. The summed E-state index contributed by atoms with van der Waals surface area (Å²) in [6.07, 6.45) is 5.05. The van der Waals surface area contributed by atoms with Gasteiger partial charge in [-0.3, -0.25) is 0 Å². The van der Waals surface area contributed by atoms with Gasteiger partial charge in [0, 0.05) is 18.0 Å². The van der Waals surface area contributed by atoms with Gasteiger partial charge in [-0.15, -0.1) is 0 Å². The summed E-state index contributed by atoms with van der Waals surface area (Å²) in [5, 5.41) is 1.26. The molecule has 0 unspecified atom stereocenters. The van der Waals surface area contributed by atoms with Crippen molar-refractivity contribution in [1.29, 1.82) is 0 Å². The molecule has 0 spiro atoms. The highest BCUT2D eigenvalue weighted by Gasteiger charge is 2.03. The maximum absolute atomic E-state index is 5.89. The Morgan fingerprint density at radius 3 is 2.75 bits per heavy atom. The van der Waals surface area contributed by atoms with Crippen LogP contribution in [0.3, 0.4) is 0 Å². The second-order valence-corrected chi connectivity index (χ2v) is 4.48. The molecule has 2 N–H and O–H groups in total. The molecule has 2 aromatic rings. The molecule has 0 aliphatic carbocycles. The third-order valence-electron chi connectivity index (χ3n) is 3.21. The van der Waals surface area contributed by atoms with Gasteiger partial charge >= 0.3 is 0 Å². The molecule has 86 valence electrons. The Labute approximate surface area is 97.1 Å². The predicted molar refractivity (Wildman–Crippen MR) is 70.6 cm³/mol. The zero-order chi connectivity index (χ0) is 11.5. The average molecular weight is 216 g/mol. The zero-order valence-electron chi connectivity index (χ0n) is 10.2. The molecule has 0 aliphatic heterocycles. The lowest BCUT2D eigenvalue weighted by Gasteiger charge is -2.02. The van der Waals surface area contributed by atoms with E-state index in [0.717, 1.165) is 5.82 Å². The van der Waals surface area contributed by atoms with Crippen molar-refractivity contribution in [2.45, 2.75) is 32.6 Å². The molecule has 2 nitrogen and oxygen atoms in total. The highest BCUT2D eigenvalue weighted by Crippen LogP contribution is 2.22. The van der Waals surface area contributed by atoms with Crippen molar-refractivity contribution in [3.8, 4) is 0 Å². The van der Waals surface area contributed by atoms with Crippen LogP contribution in [-0.2, 0) is 13.5 Å². The van der Waals surface area contributed by atoms with Gasteiger partial charge in [-0.1, -0.05) is 25.8 Å². The Hall–Kier alpha value is -1.44. The number of fused-ring (bicyclic) bond motifs is 1. The van der Waals surface area contributed by atoms with E-state index < -0.39 is 0 Å². The number of benzene rings is 1. The molecule has 2 heteroatoms. The Morgan fingerprint density at radius 1 is 1.19 bits per heavy atom. The monoisotopic (exact) mass is 216 g/mol. The van der Waals surface area contributed by atoms with E-state index in [9.17, 15) is 0 Å². The van der Waals surface area contributed by atoms with E-state index in [1.807, 2.05) is 11.6 Å². The standard InChI is InChI=1S/C14H20N2/c1-3-4-5-6-11-7-8-13-12(9-11)10-14(15)16(13)2/h7-10H,3-6,15H2,1-2H3. The van der Waals surface area contributed by atoms with Crippen molar-refractivity contribution in [1.82, 2.24) is 4.57 Å². The van der Waals surface area contributed by atoms with Gasteiger partial charge in [-0.2, -0.15) is 0 Å². The minimum absolute atomic E-state index is 0.834. The molecule has 0 aliphatic rings. The molecule has 1 aromatic carbocycles. The number of hydrogen-bond donors (Lipinski definition) is 1. The third-order valence-corrected chi connectivity index (χ3v) is 3.21. The second-order valence-electron chi connectivity index (χ2n) is 4.48. The molecule has 0 fully saturated rings. The summed E-state index contributed by atoms with van der Waals surface area (Å²) in [7, 11) is 2.01. The largest absolute Gasteiger partial charge is 0.385 e. The van der Waals surface area contributed by atoms with E-state index >= 15 is 0 Å². The Bertz CT molecular complexity index is 483. The van der Waals surface area contributed by atoms with Gasteiger partial charge < -0.3 is 10.3 Å². The minimum atomic E-state index is 0.834. The van der Waals surface area contributed by atoms with Crippen molar-refractivity contribution in [3.05, 3.63) is 29.8 Å². The van der Waals surface area contributed by atoms with Gasteiger partial charge in [0.2, 0.25) is 0 Å². The van der Waals surface area contributed by atoms with Crippen molar-refractivity contribution in [2.75, 3.05) is 5.73 Å². The molecule has 1 heterocycles. The van der Waals surface area contributed by atoms with Crippen LogP contribution in [0.4, 0.5) is 5.82 Å². The fourth-order valence-electron chi connectivity index (χ4n) is 2.15. The molecule has 0 bridgehead atoms. The summed E-state index contributed by atoms with van der Waals surface area (Å²) in [5.74, 6) is 0.834. The van der Waals surface area contributed by atoms with E-state index in [4.69, 9.17) is 5.73 Å². The molecule has 0 saturated carbocycles. The summed E-state index contributed by atoms with van der Waals surface area (Å²) >= 11 is 0. The van der Waals surface area contributed by atoms with Crippen LogP contribution in [-0.4, -0.2) is 4.57 Å². The van der Waals surface area contributed by atoms with E-state index in [-0.39, 0.29) is 0 Å². The third kappa shape index (κ3) is 2.06. The van der Waals surface area contributed by atoms with Crippen molar-refractivity contribution in [2.24, 2.45) is 7.05 Å². The van der Waals surface area contributed by atoms with Crippen LogP contribution in [0.15, 0.2) is 24.3 Å². The summed E-state index contributed by atoms with van der Waals surface area (Å²) in [5.41, 5.74) is 8.53. The van der Waals surface area contributed by atoms with Crippen LogP contribution >= 0.6 is 0 Å². The number of anilines is 1. The van der Waals surface area contributed by atoms with Gasteiger partial charge in [0.25, 0.3) is 0 Å². The number of aromatic nitrogens is 1. The lowest BCUT2D eigenvalue weighted by Crippen LogP contribution is -1.94. The number of hydrogen-bond acceptors (Lipinski definition) is 1. The number of nitrogens with two attached hydrogens (primary N) is 1. The molecule has 2 rings (SSSR count). The first kappa shape index (κ1) is 11.1. The summed E-state index contributed by atoms with van der Waals surface area (Å²) < 4.78 is 2.03. The van der Waals surface area contributed by atoms with Gasteiger partial charge in [0.05, 0.1) is 0 Å². The number of unbranched alkanes of at least 4 members (excludes halogenated alkanes) is 2. The van der Waals surface area contributed by atoms with Crippen LogP contribution < -0.4 is 5.73 Å². The maximum atomic E-state index is 5.89. The lowest BCUT2D eigenvalue weighted by molar-refractivity contribution is 0.718. The quantitative estimate of drug-likeness (QED) is 0.779. The van der Waals surface area contributed by atoms with Crippen LogP contribution in [0.2, 0.25) is 0 Å². The van der Waals surface area contributed by atoms with Crippen LogP contribution in [0.1, 0.15) is 31.7 Å². The first-order chi connectivity index (χ1) is 7.72. The van der Waals surface area contributed by atoms with E-state index in [1.165, 1.54) is 42.1 Å². The maximum Gasteiger partial charge on any atom is 0.104 e. The predicted octanol–water partition coefficient (Wildman–Crippen LogP) is 3.49. The molecule has 0 amide bonds. The summed E-state index contributed by atoms with van der Waals surface area (Å²) in [4.78, 5) is 0. The molecule has 0 atom stereocenters. The van der Waals surface area contributed by atoms with E-state index in [2.05, 4.69) is 31.2 Å². The summed E-state index contributed by atoms with van der Waals surface area (Å²) in [6.45, 7) is 2.24. The topological polar surface area (TPSA) is 30.9 Å². The Morgan fingerprint density at radius 2 is 2.00 bits per heavy atom. The number of nitrogens with zero attached hydrogens (tertiary/aromatic N) is 1. The highest BCUT2D eigenvalue weighted by atomic mass is 15.0. The van der Waals surface area contributed by atoms with Crippen LogP contribution in [0.5, 0.6) is 0 Å². The van der Waals surface area contributed by atoms with Gasteiger partial charge in [-0.05, 0) is 36.6 Å². The first-order valence-corrected chi connectivity index (χ1v) is 6.06. The van der Waals surface area contributed by atoms with Crippen molar-refractivity contribution >= 4 is 16.7 Å². The van der Waals surface area contributed by atoms with Crippen LogP contribution in [0.25, 0.3) is 10.9 Å². The highest BCUT2D eigenvalue weighted by molar-refractivity contribution is 5.85. The normalized spacial score (nSPS) is 11.1. The van der Waals surface area contributed by atoms with Gasteiger partial charge in [-0.25, -0.2) is 0 Å². The van der Waals surface area contributed by atoms with E-state index in [0.29, 0.717) is 0 Å².